The highest BCUT2D eigenvalue weighted by atomic mass is 15.5. The minimum absolute atomic E-state index is 0.786. The Bertz CT molecular complexity index is 362. The first-order valence-electron chi connectivity index (χ1n) is 4.98. The molecule has 0 radical (unpaired) electrons. The lowest BCUT2D eigenvalue weighted by molar-refractivity contribution is 0.903. The summed E-state index contributed by atoms with van der Waals surface area (Å²) in [6.07, 6.45) is 0.827. The number of anilines is 1. The van der Waals surface area contributed by atoms with Crippen LogP contribution in [0, 0.1) is 13.8 Å². The second kappa shape index (κ2) is 4.73. The molecular weight excluding hydrogens is 186 g/mol. The Kier molecular flexibility index (Phi) is 3.61. The van der Waals surface area contributed by atoms with E-state index in [0.29, 0.717) is 0 Å². The fourth-order valence-electron chi connectivity index (χ4n) is 1.41. The highest BCUT2D eigenvalue weighted by Crippen LogP contribution is 2.19. The molecule has 80 valence electrons. The van der Waals surface area contributed by atoms with E-state index in [1.165, 1.54) is 0 Å². The van der Waals surface area contributed by atoms with Crippen LogP contribution in [0.4, 0.5) is 5.82 Å². The molecule has 0 spiro atoms. The zero-order chi connectivity index (χ0) is 11.4. The van der Waals surface area contributed by atoms with E-state index in [2.05, 4.69) is 23.4 Å². The predicted octanol–water partition coefficient (Wildman–Crippen LogP) is 3.04. The Labute approximate surface area is 91.1 Å². The van der Waals surface area contributed by atoms with Crippen LogP contribution in [0.5, 0.6) is 0 Å². The zero-order valence-corrected chi connectivity index (χ0v) is 9.62. The average Bonchev–Trinajstić information content (AvgIpc) is 2.17. The quantitative estimate of drug-likeness (QED) is 0.556. The molecule has 3 heteroatoms. The molecule has 1 rings (SSSR count). The molecule has 1 aromatic heterocycles. The van der Waals surface area contributed by atoms with Crippen molar-refractivity contribution in [3.8, 4) is 0 Å². The van der Waals surface area contributed by atoms with E-state index in [0.717, 1.165) is 29.2 Å². The van der Waals surface area contributed by atoms with Gasteiger partial charge in [0.15, 0.2) is 5.82 Å². The molecule has 0 atom stereocenters. The van der Waals surface area contributed by atoms with E-state index in [-0.39, 0.29) is 0 Å². The van der Waals surface area contributed by atoms with E-state index >= 15 is 0 Å². The van der Waals surface area contributed by atoms with Crippen LogP contribution in [-0.2, 0) is 0 Å². The van der Waals surface area contributed by atoms with Gasteiger partial charge in [0, 0.05) is 18.1 Å². The van der Waals surface area contributed by atoms with Crippen molar-refractivity contribution in [2.45, 2.75) is 27.2 Å². The molecule has 1 aromatic rings. The summed E-state index contributed by atoms with van der Waals surface area (Å²) in [5.41, 5.74) is 3.03. The third-order valence-corrected chi connectivity index (χ3v) is 2.15. The largest absolute Gasteiger partial charge is 0.234 e. The minimum Gasteiger partial charge on any atom is -0.234 e. The fourth-order valence-corrected chi connectivity index (χ4v) is 1.41. The van der Waals surface area contributed by atoms with Gasteiger partial charge >= 0.3 is 0 Å². The highest BCUT2D eigenvalue weighted by Gasteiger charge is 2.08. The van der Waals surface area contributed by atoms with Crippen molar-refractivity contribution >= 4 is 12.5 Å². The molecule has 15 heavy (non-hydrogen) atoms. The molecule has 0 bridgehead atoms. The molecule has 0 unspecified atom stereocenters. The summed E-state index contributed by atoms with van der Waals surface area (Å²) in [7, 11) is 0. The maximum atomic E-state index is 4.41. The van der Waals surface area contributed by atoms with Gasteiger partial charge in [0.2, 0.25) is 0 Å². The summed E-state index contributed by atoms with van der Waals surface area (Å²) in [5.74, 6) is 0.786. The van der Waals surface area contributed by atoms with Gasteiger partial charge in [-0.15, -0.1) is 0 Å². The molecule has 3 nitrogen and oxygen atoms in total. The molecule has 0 aliphatic rings. The molecule has 0 saturated heterocycles. The topological polar surface area (TPSA) is 28.5 Å². The zero-order valence-electron chi connectivity index (χ0n) is 9.62. The monoisotopic (exact) mass is 203 g/mol. The van der Waals surface area contributed by atoms with E-state index in [1.54, 1.807) is 5.01 Å². The molecule has 0 aromatic carbocycles. The third-order valence-electron chi connectivity index (χ3n) is 2.15. The Morgan fingerprint density at radius 2 is 2.13 bits per heavy atom. The van der Waals surface area contributed by atoms with Crippen LogP contribution >= 0.6 is 0 Å². The number of allylic oxidation sites excluding steroid dienone is 1. The number of pyridine rings is 1. The first kappa shape index (κ1) is 11.4. The van der Waals surface area contributed by atoms with Crippen LogP contribution in [0.3, 0.4) is 0 Å². The van der Waals surface area contributed by atoms with Gasteiger partial charge in [0.05, 0.1) is 0 Å². The number of rotatable bonds is 4. The molecule has 0 saturated carbocycles. The summed E-state index contributed by atoms with van der Waals surface area (Å²) in [4.78, 5) is 4.41. The van der Waals surface area contributed by atoms with Crippen LogP contribution < -0.4 is 5.01 Å². The van der Waals surface area contributed by atoms with Gasteiger partial charge < -0.3 is 0 Å². The van der Waals surface area contributed by atoms with Crippen molar-refractivity contribution in [1.82, 2.24) is 4.98 Å². The van der Waals surface area contributed by atoms with Crippen molar-refractivity contribution in [1.29, 1.82) is 0 Å². The Morgan fingerprint density at radius 1 is 1.47 bits per heavy atom. The van der Waals surface area contributed by atoms with Crippen molar-refractivity contribution in [3.05, 3.63) is 35.7 Å². The van der Waals surface area contributed by atoms with Crippen LogP contribution in [0.1, 0.15) is 24.6 Å². The molecule has 0 amide bonds. The smallest absolute Gasteiger partial charge is 0.154 e. The Balaban J connectivity index is 3.12. The number of nitrogens with zero attached hydrogens (tertiary/aromatic N) is 3. The number of aryl methyl sites for hydroxylation is 2. The summed E-state index contributed by atoms with van der Waals surface area (Å²) in [6.45, 7) is 13.5. The first-order chi connectivity index (χ1) is 7.08. The van der Waals surface area contributed by atoms with Crippen molar-refractivity contribution in [2.75, 3.05) is 5.01 Å². The fraction of sp³-hybridized carbons (Fsp3) is 0.333. The van der Waals surface area contributed by atoms with Gasteiger partial charge in [-0.3, -0.25) is 0 Å². The van der Waals surface area contributed by atoms with Gasteiger partial charge in [-0.2, -0.15) is 5.10 Å². The Hall–Kier alpha value is -1.64. The predicted molar refractivity (Wildman–Crippen MR) is 65.2 cm³/mol. The normalized spacial score (nSPS) is 9.80. The van der Waals surface area contributed by atoms with Gasteiger partial charge in [0.25, 0.3) is 0 Å². The van der Waals surface area contributed by atoms with E-state index < -0.39 is 0 Å². The molecule has 0 fully saturated rings. The SMILES string of the molecule is C=NN(C(=C)CC)c1cc(C)cc(C)n1. The van der Waals surface area contributed by atoms with Crippen molar-refractivity contribution < 1.29 is 0 Å². The average molecular weight is 203 g/mol. The van der Waals surface area contributed by atoms with E-state index in [4.69, 9.17) is 0 Å². The second-order valence-electron chi connectivity index (χ2n) is 3.52. The standard InChI is InChI=1S/C12H17N3/c1-6-11(4)15(13-5)12-8-9(2)7-10(3)14-12/h7-8H,4-6H2,1-3H3. The number of hydrazone groups is 1. The summed E-state index contributed by atoms with van der Waals surface area (Å²) in [5, 5.41) is 5.61. The molecule has 0 N–H and O–H groups in total. The van der Waals surface area contributed by atoms with Gasteiger partial charge in [-0.1, -0.05) is 13.5 Å². The minimum atomic E-state index is 0.786. The number of hydrogen-bond donors (Lipinski definition) is 0. The van der Waals surface area contributed by atoms with E-state index in [9.17, 15) is 0 Å². The van der Waals surface area contributed by atoms with Crippen LogP contribution in [-0.4, -0.2) is 11.7 Å². The summed E-state index contributed by atoms with van der Waals surface area (Å²) in [6, 6.07) is 4.00. The molecular formula is C12H17N3. The maximum Gasteiger partial charge on any atom is 0.154 e. The lowest BCUT2D eigenvalue weighted by Gasteiger charge is -2.19. The van der Waals surface area contributed by atoms with Crippen LogP contribution in [0.2, 0.25) is 0 Å². The van der Waals surface area contributed by atoms with Gasteiger partial charge in [-0.05, 0) is 38.0 Å². The van der Waals surface area contributed by atoms with Crippen molar-refractivity contribution in [3.63, 3.8) is 0 Å². The second-order valence-corrected chi connectivity index (χ2v) is 3.52. The molecule has 0 aliphatic carbocycles. The van der Waals surface area contributed by atoms with Crippen LogP contribution in [0.15, 0.2) is 29.5 Å². The molecule has 0 aliphatic heterocycles. The lowest BCUT2D eigenvalue weighted by Crippen LogP contribution is -2.15. The third kappa shape index (κ3) is 2.65. The van der Waals surface area contributed by atoms with Gasteiger partial charge in [-0.25, -0.2) is 9.99 Å². The maximum absolute atomic E-state index is 4.41. The van der Waals surface area contributed by atoms with Crippen LogP contribution in [0.25, 0.3) is 0 Å². The number of hydrogen-bond acceptors (Lipinski definition) is 3. The summed E-state index contributed by atoms with van der Waals surface area (Å²) >= 11 is 0. The molecule has 1 heterocycles. The Morgan fingerprint density at radius 3 is 2.60 bits per heavy atom. The van der Waals surface area contributed by atoms with Crippen molar-refractivity contribution in [2.24, 2.45) is 5.10 Å². The number of aromatic nitrogens is 1. The van der Waals surface area contributed by atoms with Gasteiger partial charge in [0.1, 0.15) is 0 Å². The first-order valence-corrected chi connectivity index (χ1v) is 4.98. The highest BCUT2D eigenvalue weighted by molar-refractivity contribution is 5.49. The lowest BCUT2D eigenvalue weighted by atomic mass is 10.2. The summed E-state index contributed by atoms with van der Waals surface area (Å²) < 4.78 is 0. The van der Waals surface area contributed by atoms with E-state index in [1.807, 2.05) is 32.9 Å².